The topological polar surface area (TPSA) is 447 Å². The van der Waals surface area contributed by atoms with Gasteiger partial charge in [0, 0.05) is 78.0 Å². The first kappa shape index (κ1) is 73.6. The van der Waals surface area contributed by atoms with E-state index in [4.69, 9.17) is 28.4 Å². The molecular weight excluding hydrogens is 1110 g/mol. The van der Waals surface area contributed by atoms with Crippen molar-refractivity contribution in [3.05, 3.63) is 0 Å². The van der Waals surface area contributed by atoms with E-state index in [1.165, 1.54) is 13.8 Å². The molecule has 2 rings (SSSR count). The van der Waals surface area contributed by atoms with Crippen LogP contribution in [-0.2, 0) is 71.3 Å². The molecule has 2 aliphatic heterocycles. The van der Waals surface area contributed by atoms with Crippen molar-refractivity contribution in [2.24, 2.45) is 0 Å². The minimum atomic E-state index is -3.07. The highest BCUT2D eigenvalue weighted by Crippen LogP contribution is 2.40. The molecule has 2 aliphatic rings. The largest absolute Gasteiger partial charge is 0.394 e. The second-order valence-corrected chi connectivity index (χ2v) is 22.7. The predicted octanol–water partition coefficient (Wildman–Crippen LogP) is -4.24. The first-order chi connectivity index (χ1) is 39.1. The second-order valence-electron chi connectivity index (χ2n) is 19.9. The first-order valence-corrected chi connectivity index (χ1v) is 30.3. The Bertz CT molecular complexity index is 1970. The van der Waals surface area contributed by atoms with Crippen LogP contribution >= 0.6 is 7.37 Å². The van der Waals surface area contributed by atoms with Crippen LogP contribution < -0.4 is 42.5 Å². The van der Waals surface area contributed by atoms with Crippen molar-refractivity contribution in [2.45, 2.75) is 178 Å². The number of aliphatic hydroxyl groups excluding tert-OH is 6. The van der Waals surface area contributed by atoms with Gasteiger partial charge in [0.2, 0.25) is 47.3 Å². The average Bonchev–Trinajstić information content (AvgIpc) is 3.63. The van der Waals surface area contributed by atoms with Gasteiger partial charge in [-0.15, -0.1) is 0 Å². The average molecular weight is 1200 g/mol. The molecule has 11 unspecified atom stereocenters. The van der Waals surface area contributed by atoms with Crippen molar-refractivity contribution in [1.29, 1.82) is 0 Å². The highest BCUT2D eigenvalue weighted by Gasteiger charge is 2.46. The normalized spacial score (nSPS) is 23.5. The molecular formula is C51H93N8O22P. The SMILES string of the molecule is CCP(=O)(O)CCCCCCCNC(=O)[C@H](CCCCNC(=O)CCCC(=O)NCCOCCOC1OC(CO)C(O)C(O)C1NC(C)=O)NC(=O)CNC(=O)CCCC(=O)NCCOCCOC1OC(CO)C(O)C(O)C1NC(C)=O. The molecule has 0 spiro atoms. The van der Waals surface area contributed by atoms with E-state index in [0.717, 1.165) is 19.3 Å². The van der Waals surface area contributed by atoms with E-state index in [2.05, 4.69) is 42.5 Å². The van der Waals surface area contributed by atoms with Gasteiger partial charge in [-0.05, 0) is 44.9 Å². The van der Waals surface area contributed by atoms with Crippen molar-refractivity contribution in [3.8, 4) is 0 Å². The van der Waals surface area contributed by atoms with Gasteiger partial charge in [0.25, 0.3) is 0 Å². The van der Waals surface area contributed by atoms with Gasteiger partial charge in [-0.25, -0.2) is 0 Å². The number of carbonyl (C=O) groups excluding carboxylic acids is 8. The molecule has 474 valence electrons. The van der Waals surface area contributed by atoms with E-state index in [1.807, 2.05) is 0 Å². The van der Waals surface area contributed by atoms with E-state index in [1.54, 1.807) is 6.92 Å². The summed E-state index contributed by atoms with van der Waals surface area (Å²) in [6, 6.07) is -3.13. The van der Waals surface area contributed by atoms with E-state index < -0.39 is 124 Å². The molecule has 0 aromatic carbocycles. The van der Waals surface area contributed by atoms with Crippen molar-refractivity contribution in [2.75, 3.05) is 97.9 Å². The first-order valence-electron chi connectivity index (χ1n) is 28.2. The Hall–Kier alpha value is -4.53. The molecule has 0 saturated carbocycles. The van der Waals surface area contributed by atoms with Crippen LogP contribution in [0, 0.1) is 0 Å². The highest BCUT2D eigenvalue weighted by atomic mass is 31.2. The fraction of sp³-hybridized carbons (Fsp3) is 0.843. The Morgan fingerprint density at radius 3 is 1.40 bits per heavy atom. The number of nitrogens with one attached hydrogen (secondary N) is 8. The van der Waals surface area contributed by atoms with Gasteiger partial charge in [-0.1, -0.05) is 26.2 Å². The third kappa shape index (κ3) is 31.4. The van der Waals surface area contributed by atoms with Crippen LogP contribution in [0.15, 0.2) is 0 Å². The third-order valence-corrected chi connectivity index (χ3v) is 15.1. The molecule has 8 amide bonds. The molecule has 0 aromatic rings. The molecule has 31 heteroatoms. The minimum Gasteiger partial charge on any atom is -0.394 e. The smallest absolute Gasteiger partial charge is 0.242 e. The van der Waals surface area contributed by atoms with Gasteiger partial charge in [-0.2, -0.15) is 0 Å². The zero-order valence-electron chi connectivity index (χ0n) is 47.6. The third-order valence-electron chi connectivity index (χ3n) is 13.1. The number of rotatable bonds is 44. The van der Waals surface area contributed by atoms with Gasteiger partial charge in [-0.3, -0.25) is 42.9 Å². The Kier molecular flexibility index (Phi) is 38.0. The molecule has 0 aromatic heterocycles. The van der Waals surface area contributed by atoms with Gasteiger partial charge in [0.15, 0.2) is 19.9 Å². The summed E-state index contributed by atoms with van der Waals surface area (Å²) >= 11 is 0. The summed E-state index contributed by atoms with van der Waals surface area (Å²) in [5.74, 6) is -3.43. The predicted molar refractivity (Wildman–Crippen MR) is 291 cm³/mol. The summed E-state index contributed by atoms with van der Waals surface area (Å²) < 4.78 is 44.9. The number of ether oxygens (including phenoxy) is 6. The molecule has 82 heavy (non-hydrogen) atoms. The summed E-state index contributed by atoms with van der Waals surface area (Å²) in [7, 11) is -3.07. The molecule has 30 nitrogen and oxygen atoms in total. The number of carbonyl (C=O) groups is 8. The van der Waals surface area contributed by atoms with Gasteiger partial charge < -0.3 is 106 Å². The summed E-state index contributed by atoms with van der Waals surface area (Å²) in [4.78, 5) is 109. The van der Waals surface area contributed by atoms with Gasteiger partial charge >= 0.3 is 0 Å². The lowest BCUT2D eigenvalue weighted by atomic mass is 9.97. The zero-order valence-corrected chi connectivity index (χ0v) is 48.5. The lowest BCUT2D eigenvalue weighted by Crippen LogP contribution is -2.64. The monoisotopic (exact) mass is 1200 g/mol. The van der Waals surface area contributed by atoms with Crippen molar-refractivity contribution in [1.82, 2.24) is 42.5 Å². The highest BCUT2D eigenvalue weighted by molar-refractivity contribution is 7.57. The standard InChI is InChI=1S/C51H93N8O22P/c1-4-82(74,75)29-11-7-5-6-9-20-55-49(73)35(14-8-10-19-52-38(64)15-12-16-39(65)53-21-23-76-25-27-78-50-43(57-33(2)62)47(71)45(69)36(31-60)80-50)59-42(68)30-56-41(67)18-13-17-40(66)54-22-24-77-26-28-79-51-44(58-34(3)63)48(72)46(70)37(32-61)81-51/h35-37,43-48,50-51,60-61,69-72H,4-32H2,1-3H3,(H,52,64)(H,53,65)(H,54,66)(H,55,73)(H,56,67)(H,57,62)(H,58,63)(H,59,68)(H,74,75)/t35-,36?,37?,43?,44?,45?,46?,47?,48?,50?,51?/m0/s1. The van der Waals surface area contributed by atoms with Gasteiger partial charge in [0.1, 0.15) is 54.7 Å². The Labute approximate surface area is 478 Å². The molecule has 0 aliphatic carbocycles. The van der Waals surface area contributed by atoms with Crippen molar-refractivity contribution in [3.63, 3.8) is 0 Å². The van der Waals surface area contributed by atoms with E-state index in [9.17, 15) is 78.5 Å². The maximum atomic E-state index is 13.3. The molecule has 0 radical (unpaired) electrons. The van der Waals surface area contributed by atoms with Crippen LogP contribution in [0.25, 0.3) is 0 Å². The van der Waals surface area contributed by atoms with Crippen LogP contribution in [0.3, 0.4) is 0 Å². The minimum absolute atomic E-state index is 0.00738. The summed E-state index contributed by atoms with van der Waals surface area (Å²) in [6.07, 6.45) is -4.52. The number of aliphatic hydroxyl groups is 6. The van der Waals surface area contributed by atoms with E-state index >= 15 is 0 Å². The molecule has 2 heterocycles. The molecule has 2 fully saturated rings. The van der Waals surface area contributed by atoms with Crippen molar-refractivity contribution >= 4 is 54.6 Å². The van der Waals surface area contributed by atoms with Crippen LogP contribution in [0.1, 0.15) is 111 Å². The van der Waals surface area contributed by atoms with Crippen LogP contribution in [0.4, 0.5) is 0 Å². The van der Waals surface area contributed by atoms with E-state index in [-0.39, 0.29) is 134 Å². The quantitative estimate of drug-likeness (QED) is 0.0203. The zero-order chi connectivity index (χ0) is 60.9. The second kappa shape index (κ2) is 42.3. The number of hydrogen-bond donors (Lipinski definition) is 15. The Morgan fingerprint density at radius 1 is 0.512 bits per heavy atom. The fourth-order valence-corrected chi connectivity index (χ4v) is 9.51. The molecule has 15 N–H and O–H groups in total. The number of hydrogen-bond acceptors (Lipinski definition) is 21. The van der Waals surface area contributed by atoms with Crippen LogP contribution in [-0.4, -0.2) is 248 Å². The molecule has 12 atom stereocenters. The maximum Gasteiger partial charge on any atom is 0.242 e. The summed E-state index contributed by atoms with van der Waals surface area (Å²) in [6.45, 7) is 3.71. The Balaban J connectivity index is 1.67. The van der Waals surface area contributed by atoms with Crippen LogP contribution in [0.2, 0.25) is 0 Å². The van der Waals surface area contributed by atoms with Crippen molar-refractivity contribution < 1.29 is 107 Å². The Morgan fingerprint density at radius 2 is 0.939 bits per heavy atom. The lowest BCUT2D eigenvalue weighted by molar-refractivity contribution is -0.272. The maximum absolute atomic E-state index is 13.3. The number of unbranched alkanes of at least 4 members (excludes halogenated alkanes) is 5. The van der Waals surface area contributed by atoms with Crippen LogP contribution in [0.5, 0.6) is 0 Å². The van der Waals surface area contributed by atoms with Gasteiger partial charge in [0.05, 0.1) is 59.4 Å². The fourth-order valence-electron chi connectivity index (χ4n) is 8.48. The summed E-state index contributed by atoms with van der Waals surface area (Å²) in [5, 5.41) is 80.9. The molecule has 0 bridgehead atoms. The number of amides is 8. The van der Waals surface area contributed by atoms with E-state index in [0.29, 0.717) is 32.2 Å². The molecule has 2 saturated heterocycles. The summed E-state index contributed by atoms with van der Waals surface area (Å²) in [5.41, 5.74) is 0. The lowest BCUT2D eigenvalue weighted by Gasteiger charge is -2.42.